The Morgan fingerprint density at radius 1 is 1.33 bits per heavy atom. The molecule has 0 aliphatic carbocycles. The number of furan rings is 1. The molecule has 3 rings (SSSR count). The van der Waals surface area contributed by atoms with Crippen LogP contribution in [0.5, 0.6) is 0 Å². The van der Waals surface area contributed by atoms with E-state index in [-0.39, 0.29) is 11.8 Å². The zero-order chi connectivity index (χ0) is 19.1. The average Bonchev–Trinajstić information content (AvgIpc) is 3.36. The Labute approximate surface area is 162 Å². The van der Waals surface area contributed by atoms with Gasteiger partial charge in [-0.3, -0.25) is 14.5 Å². The fourth-order valence-electron chi connectivity index (χ4n) is 2.86. The Balaban J connectivity index is 1.43. The van der Waals surface area contributed by atoms with Gasteiger partial charge in [0.1, 0.15) is 5.69 Å². The highest BCUT2D eigenvalue weighted by molar-refractivity contribution is 7.13. The van der Waals surface area contributed by atoms with Crippen LogP contribution in [-0.4, -0.2) is 79.6 Å². The van der Waals surface area contributed by atoms with E-state index in [0.717, 1.165) is 6.42 Å². The van der Waals surface area contributed by atoms with Gasteiger partial charge in [-0.25, -0.2) is 4.98 Å². The molecule has 0 spiro atoms. The molecule has 146 valence electrons. The molecule has 0 aromatic carbocycles. The molecule has 27 heavy (non-hydrogen) atoms. The molecule has 2 aromatic heterocycles. The third-order valence-corrected chi connectivity index (χ3v) is 5.19. The predicted molar refractivity (Wildman–Crippen MR) is 102 cm³/mol. The number of ether oxygens (including phenoxy) is 1. The van der Waals surface area contributed by atoms with Crippen molar-refractivity contribution < 1.29 is 18.7 Å². The maximum absolute atomic E-state index is 12.6. The second-order valence-electron chi connectivity index (χ2n) is 6.28. The highest BCUT2D eigenvalue weighted by atomic mass is 32.1. The number of hydrogen-bond acceptors (Lipinski definition) is 7. The van der Waals surface area contributed by atoms with Crippen LogP contribution in [-0.2, 0) is 9.53 Å². The number of amides is 2. The molecule has 9 heteroatoms. The molecule has 0 radical (unpaired) electrons. The number of carbonyl (C=O) groups is 2. The van der Waals surface area contributed by atoms with E-state index < -0.39 is 0 Å². The number of rotatable bonds is 8. The smallest absolute Gasteiger partial charge is 0.273 e. The number of nitrogens with zero attached hydrogens (tertiary/aromatic N) is 3. The van der Waals surface area contributed by atoms with Gasteiger partial charge < -0.3 is 19.4 Å². The van der Waals surface area contributed by atoms with Gasteiger partial charge >= 0.3 is 0 Å². The number of aromatic nitrogens is 1. The molecule has 8 nitrogen and oxygen atoms in total. The molecule has 2 amide bonds. The van der Waals surface area contributed by atoms with Crippen molar-refractivity contribution in [3.05, 3.63) is 29.5 Å². The number of piperazine rings is 1. The van der Waals surface area contributed by atoms with E-state index in [2.05, 4.69) is 15.2 Å². The van der Waals surface area contributed by atoms with Crippen molar-refractivity contribution in [2.75, 3.05) is 53.0 Å². The first-order valence-corrected chi connectivity index (χ1v) is 9.82. The van der Waals surface area contributed by atoms with Gasteiger partial charge in [-0.05, 0) is 18.6 Å². The quantitative estimate of drug-likeness (QED) is 0.682. The number of nitrogens with one attached hydrogen (secondary N) is 1. The Morgan fingerprint density at radius 2 is 2.15 bits per heavy atom. The fourth-order valence-corrected chi connectivity index (χ4v) is 3.62. The zero-order valence-electron chi connectivity index (χ0n) is 15.3. The van der Waals surface area contributed by atoms with Crippen LogP contribution < -0.4 is 5.32 Å². The van der Waals surface area contributed by atoms with Crippen molar-refractivity contribution in [1.82, 2.24) is 20.1 Å². The second-order valence-corrected chi connectivity index (χ2v) is 7.14. The van der Waals surface area contributed by atoms with Gasteiger partial charge in [-0.15, -0.1) is 11.3 Å². The number of thiazole rings is 1. The van der Waals surface area contributed by atoms with Crippen LogP contribution in [0.3, 0.4) is 0 Å². The lowest BCUT2D eigenvalue weighted by atomic mass is 10.3. The minimum Gasteiger partial charge on any atom is -0.462 e. The van der Waals surface area contributed by atoms with E-state index in [4.69, 9.17) is 9.15 Å². The molecule has 1 N–H and O–H groups in total. The molecule has 2 aromatic rings. The Bertz CT molecular complexity index is 738. The molecule has 1 aliphatic heterocycles. The van der Waals surface area contributed by atoms with Gasteiger partial charge in [0.25, 0.3) is 5.91 Å². The summed E-state index contributed by atoms with van der Waals surface area (Å²) in [4.78, 5) is 32.8. The van der Waals surface area contributed by atoms with E-state index in [1.807, 2.05) is 6.07 Å². The third kappa shape index (κ3) is 5.38. The summed E-state index contributed by atoms with van der Waals surface area (Å²) in [6.45, 7) is 4.13. The number of methoxy groups -OCH3 is 1. The number of carbonyl (C=O) groups excluding carboxylic acids is 2. The average molecular weight is 392 g/mol. The summed E-state index contributed by atoms with van der Waals surface area (Å²) in [5.74, 6) is 0.599. The SMILES string of the molecule is COCCCNC(=O)CN1CCN(C(=O)c2csc(-c3ccco3)n2)CC1. The van der Waals surface area contributed by atoms with Crippen molar-refractivity contribution in [1.29, 1.82) is 0 Å². The monoisotopic (exact) mass is 392 g/mol. The maximum Gasteiger partial charge on any atom is 0.273 e. The van der Waals surface area contributed by atoms with Gasteiger partial charge in [0.05, 0.1) is 12.8 Å². The first-order chi connectivity index (χ1) is 13.2. The van der Waals surface area contributed by atoms with Crippen LogP contribution >= 0.6 is 11.3 Å². The number of hydrogen-bond donors (Lipinski definition) is 1. The summed E-state index contributed by atoms with van der Waals surface area (Å²) in [6, 6.07) is 3.62. The first-order valence-electron chi connectivity index (χ1n) is 8.94. The summed E-state index contributed by atoms with van der Waals surface area (Å²) < 4.78 is 10.3. The molecule has 0 unspecified atom stereocenters. The molecule has 0 bridgehead atoms. The third-order valence-electron chi connectivity index (χ3n) is 4.33. The van der Waals surface area contributed by atoms with Gasteiger partial charge in [-0.1, -0.05) is 0 Å². The Morgan fingerprint density at radius 3 is 2.85 bits per heavy atom. The largest absolute Gasteiger partial charge is 0.462 e. The summed E-state index contributed by atoms with van der Waals surface area (Å²) in [7, 11) is 1.64. The molecule has 0 atom stereocenters. The van der Waals surface area contributed by atoms with Crippen LogP contribution in [0, 0.1) is 0 Å². The molecule has 3 heterocycles. The normalized spacial score (nSPS) is 15.1. The lowest BCUT2D eigenvalue weighted by molar-refractivity contribution is -0.122. The molecule has 1 saturated heterocycles. The lowest BCUT2D eigenvalue weighted by Crippen LogP contribution is -2.51. The fraction of sp³-hybridized carbons (Fsp3) is 0.500. The van der Waals surface area contributed by atoms with Crippen molar-refractivity contribution >= 4 is 23.2 Å². The van der Waals surface area contributed by atoms with Crippen LogP contribution in [0.4, 0.5) is 0 Å². The molecule has 1 aliphatic rings. The highest BCUT2D eigenvalue weighted by Crippen LogP contribution is 2.24. The maximum atomic E-state index is 12.6. The van der Waals surface area contributed by atoms with E-state index in [1.54, 1.807) is 29.7 Å². The van der Waals surface area contributed by atoms with Crippen molar-refractivity contribution in [3.63, 3.8) is 0 Å². The van der Waals surface area contributed by atoms with Crippen LogP contribution in [0.1, 0.15) is 16.9 Å². The van der Waals surface area contributed by atoms with E-state index in [0.29, 0.717) is 62.3 Å². The van der Waals surface area contributed by atoms with Gasteiger partial charge in [0, 0.05) is 51.8 Å². The topological polar surface area (TPSA) is 87.9 Å². The van der Waals surface area contributed by atoms with Crippen molar-refractivity contribution in [2.24, 2.45) is 0 Å². The summed E-state index contributed by atoms with van der Waals surface area (Å²) in [5, 5.41) is 5.35. The van der Waals surface area contributed by atoms with Crippen LogP contribution in [0.25, 0.3) is 10.8 Å². The van der Waals surface area contributed by atoms with Crippen LogP contribution in [0.15, 0.2) is 28.2 Å². The van der Waals surface area contributed by atoms with Gasteiger partial charge in [0.2, 0.25) is 5.91 Å². The summed E-state index contributed by atoms with van der Waals surface area (Å²) in [6.07, 6.45) is 2.39. The molecule has 1 fully saturated rings. The van der Waals surface area contributed by atoms with E-state index in [1.165, 1.54) is 11.3 Å². The zero-order valence-corrected chi connectivity index (χ0v) is 16.2. The van der Waals surface area contributed by atoms with Gasteiger partial charge in [0.15, 0.2) is 10.8 Å². The Kier molecular flexibility index (Phi) is 6.97. The summed E-state index contributed by atoms with van der Waals surface area (Å²) >= 11 is 1.39. The standard InChI is InChI=1S/C18H24N4O4S/c1-25-10-3-5-19-16(23)12-21-6-8-22(9-7-21)18(24)14-13-27-17(20-14)15-4-2-11-26-15/h2,4,11,13H,3,5-10,12H2,1H3,(H,19,23). The minimum atomic E-state index is -0.0762. The molecule has 0 saturated carbocycles. The van der Waals surface area contributed by atoms with Crippen LogP contribution in [0.2, 0.25) is 0 Å². The molecular formula is C18H24N4O4S. The van der Waals surface area contributed by atoms with E-state index in [9.17, 15) is 9.59 Å². The predicted octanol–water partition coefficient (Wildman–Crippen LogP) is 1.31. The second kappa shape index (κ2) is 9.63. The van der Waals surface area contributed by atoms with Crippen molar-refractivity contribution in [2.45, 2.75) is 6.42 Å². The first kappa shape index (κ1) is 19.5. The van der Waals surface area contributed by atoms with Gasteiger partial charge in [-0.2, -0.15) is 0 Å². The molecular weight excluding hydrogens is 368 g/mol. The van der Waals surface area contributed by atoms with E-state index >= 15 is 0 Å². The lowest BCUT2D eigenvalue weighted by Gasteiger charge is -2.33. The summed E-state index contributed by atoms with van der Waals surface area (Å²) in [5.41, 5.74) is 0.440. The Hall–Kier alpha value is -2.23. The minimum absolute atomic E-state index is 0.00784. The highest BCUT2D eigenvalue weighted by Gasteiger charge is 2.25. The van der Waals surface area contributed by atoms with Crippen molar-refractivity contribution in [3.8, 4) is 10.8 Å².